The fourth-order valence-corrected chi connectivity index (χ4v) is 2.11. The first-order valence-electron chi connectivity index (χ1n) is 6.79. The Morgan fingerprint density at radius 2 is 1.95 bits per heavy atom. The van der Waals surface area contributed by atoms with Gasteiger partial charge >= 0.3 is 0 Å². The molecule has 1 N–H and O–H groups in total. The maximum Gasteiger partial charge on any atom is 0.251 e. The van der Waals surface area contributed by atoms with E-state index in [0.29, 0.717) is 18.2 Å². The van der Waals surface area contributed by atoms with E-state index in [1.807, 2.05) is 24.3 Å². The third-order valence-corrected chi connectivity index (χ3v) is 2.99. The van der Waals surface area contributed by atoms with Crippen LogP contribution in [0.4, 0.5) is 0 Å². The monoisotopic (exact) mass is 272 g/mol. The van der Waals surface area contributed by atoms with Gasteiger partial charge in [-0.15, -0.1) is 0 Å². The van der Waals surface area contributed by atoms with Gasteiger partial charge in [0.25, 0.3) is 5.56 Å². The van der Waals surface area contributed by atoms with Crippen molar-refractivity contribution >= 4 is 0 Å². The molecule has 0 amide bonds. The van der Waals surface area contributed by atoms with E-state index in [9.17, 15) is 4.79 Å². The Kier molecular flexibility index (Phi) is 4.56. The van der Waals surface area contributed by atoms with Gasteiger partial charge in [0.15, 0.2) is 0 Å². The maximum atomic E-state index is 11.7. The summed E-state index contributed by atoms with van der Waals surface area (Å²) in [6.45, 7) is 4.23. The quantitative estimate of drug-likeness (QED) is 0.910. The molecule has 1 aromatic carbocycles. The van der Waals surface area contributed by atoms with Crippen LogP contribution in [-0.4, -0.2) is 17.1 Å². The topological polar surface area (TPSA) is 55.0 Å². The number of methoxy groups -OCH3 is 1. The van der Waals surface area contributed by atoms with Crippen LogP contribution in [0.5, 0.6) is 5.75 Å². The molecule has 2 aromatic rings. The minimum absolute atomic E-state index is 0.0841. The van der Waals surface area contributed by atoms with Gasteiger partial charge in [-0.25, -0.2) is 4.98 Å². The predicted molar refractivity (Wildman–Crippen MR) is 79.2 cm³/mol. The summed E-state index contributed by atoms with van der Waals surface area (Å²) in [6, 6.07) is 9.36. The number of aromatic amines is 1. The van der Waals surface area contributed by atoms with Crippen LogP contribution in [0.15, 0.2) is 35.1 Å². The van der Waals surface area contributed by atoms with Crippen LogP contribution in [-0.2, 0) is 12.8 Å². The number of hydrogen-bond acceptors (Lipinski definition) is 3. The molecule has 0 bridgehead atoms. The van der Waals surface area contributed by atoms with Crippen LogP contribution < -0.4 is 10.3 Å². The van der Waals surface area contributed by atoms with Crippen LogP contribution in [0, 0.1) is 5.92 Å². The summed E-state index contributed by atoms with van der Waals surface area (Å²) in [6.07, 6.45) is 1.44. The molecular formula is C16H20N2O2. The average molecular weight is 272 g/mol. The molecule has 0 saturated heterocycles. The third-order valence-electron chi connectivity index (χ3n) is 2.99. The molecule has 0 aliphatic rings. The van der Waals surface area contributed by atoms with Gasteiger partial charge in [0.05, 0.1) is 7.11 Å². The number of rotatable bonds is 5. The van der Waals surface area contributed by atoms with Crippen molar-refractivity contribution in [3.63, 3.8) is 0 Å². The Balaban J connectivity index is 2.19. The molecule has 1 heterocycles. The van der Waals surface area contributed by atoms with E-state index in [-0.39, 0.29) is 5.56 Å². The number of benzene rings is 1. The first-order valence-corrected chi connectivity index (χ1v) is 6.79. The van der Waals surface area contributed by atoms with Crippen molar-refractivity contribution < 1.29 is 4.74 Å². The van der Waals surface area contributed by atoms with Gasteiger partial charge in [-0.1, -0.05) is 26.0 Å². The predicted octanol–water partition coefficient (Wildman–Crippen LogP) is 2.57. The highest BCUT2D eigenvalue weighted by Crippen LogP contribution is 2.13. The van der Waals surface area contributed by atoms with Crippen molar-refractivity contribution in [2.45, 2.75) is 26.7 Å². The van der Waals surface area contributed by atoms with Gasteiger partial charge in [0.2, 0.25) is 0 Å². The molecule has 0 radical (unpaired) electrons. The van der Waals surface area contributed by atoms with Gasteiger partial charge in [0.1, 0.15) is 11.6 Å². The number of nitrogens with zero attached hydrogens (tertiary/aromatic N) is 1. The first-order chi connectivity index (χ1) is 9.56. The Bertz CT molecular complexity index is 615. The summed E-state index contributed by atoms with van der Waals surface area (Å²) >= 11 is 0. The lowest BCUT2D eigenvalue weighted by molar-refractivity contribution is 0.414. The van der Waals surface area contributed by atoms with Crippen LogP contribution in [0.25, 0.3) is 0 Å². The maximum absolute atomic E-state index is 11.7. The molecule has 0 spiro atoms. The van der Waals surface area contributed by atoms with Crippen molar-refractivity contribution in [3.05, 3.63) is 57.8 Å². The summed E-state index contributed by atoms with van der Waals surface area (Å²) in [7, 11) is 1.64. The normalized spacial score (nSPS) is 10.8. The molecule has 4 nitrogen and oxygen atoms in total. The summed E-state index contributed by atoms with van der Waals surface area (Å²) in [5.74, 6) is 2.01. The van der Waals surface area contributed by atoms with Crippen LogP contribution in [0.1, 0.15) is 30.9 Å². The summed E-state index contributed by atoms with van der Waals surface area (Å²) in [4.78, 5) is 19.0. The molecule has 1 aromatic heterocycles. The molecule has 0 saturated carbocycles. The Hall–Kier alpha value is -2.10. The van der Waals surface area contributed by atoms with Gasteiger partial charge in [-0.2, -0.15) is 0 Å². The zero-order valence-corrected chi connectivity index (χ0v) is 12.1. The van der Waals surface area contributed by atoms with E-state index < -0.39 is 0 Å². The van der Waals surface area contributed by atoms with Crippen LogP contribution in [0.2, 0.25) is 0 Å². The summed E-state index contributed by atoms with van der Waals surface area (Å²) < 4.78 is 5.13. The first kappa shape index (κ1) is 14.3. The van der Waals surface area contributed by atoms with Crippen molar-refractivity contribution in [3.8, 4) is 5.75 Å². The molecule has 106 valence electrons. The Morgan fingerprint density at radius 3 is 2.55 bits per heavy atom. The third kappa shape index (κ3) is 3.95. The highest BCUT2D eigenvalue weighted by Gasteiger charge is 2.05. The minimum Gasteiger partial charge on any atom is -0.497 e. The van der Waals surface area contributed by atoms with E-state index >= 15 is 0 Å². The molecule has 20 heavy (non-hydrogen) atoms. The largest absolute Gasteiger partial charge is 0.497 e. The molecule has 4 heteroatoms. The van der Waals surface area contributed by atoms with E-state index in [0.717, 1.165) is 23.4 Å². The molecule has 0 fully saturated rings. The van der Waals surface area contributed by atoms with Crippen molar-refractivity contribution in [2.24, 2.45) is 5.92 Å². The number of aromatic nitrogens is 2. The second-order valence-electron chi connectivity index (χ2n) is 5.31. The highest BCUT2D eigenvalue weighted by molar-refractivity contribution is 5.28. The second kappa shape index (κ2) is 6.37. The van der Waals surface area contributed by atoms with Gasteiger partial charge in [-0.05, 0) is 30.0 Å². The molecule has 0 aliphatic heterocycles. The van der Waals surface area contributed by atoms with E-state index in [2.05, 4.69) is 23.8 Å². The minimum atomic E-state index is -0.0841. The average Bonchev–Trinajstić information content (AvgIpc) is 2.38. The zero-order valence-electron chi connectivity index (χ0n) is 12.1. The van der Waals surface area contributed by atoms with Crippen molar-refractivity contribution in [1.82, 2.24) is 9.97 Å². The molecule has 2 rings (SSSR count). The lowest BCUT2D eigenvalue weighted by Gasteiger charge is -2.07. The van der Waals surface area contributed by atoms with Crippen LogP contribution >= 0.6 is 0 Å². The zero-order chi connectivity index (χ0) is 14.5. The Morgan fingerprint density at radius 1 is 1.25 bits per heavy atom. The van der Waals surface area contributed by atoms with E-state index in [1.165, 1.54) is 0 Å². The highest BCUT2D eigenvalue weighted by atomic mass is 16.5. The van der Waals surface area contributed by atoms with Gasteiger partial charge in [-0.3, -0.25) is 4.79 Å². The molecule has 0 aliphatic carbocycles. The van der Waals surface area contributed by atoms with Gasteiger partial charge < -0.3 is 9.72 Å². The number of H-pyrrole nitrogens is 1. The van der Waals surface area contributed by atoms with Gasteiger partial charge in [0, 0.05) is 18.2 Å². The number of hydrogen-bond donors (Lipinski definition) is 1. The fourth-order valence-electron chi connectivity index (χ4n) is 2.11. The lowest BCUT2D eigenvalue weighted by Crippen LogP contribution is -2.14. The SMILES string of the molecule is COc1ccc(Cc2nc(CC(C)C)cc(=O)[nH]2)cc1. The summed E-state index contributed by atoms with van der Waals surface area (Å²) in [5.41, 5.74) is 1.86. The lowest BCUT2D eigenvalue weighted by atomic mass is 10.1. The number of ether oxygens (including phenoxy) is 1. The smallest absolute Gasteiger partial charge is 0.251 e. The second-order valence-corrected chi connectivity index (χ2v) is 5.31. The van der Waals surface area contributed by atoms with E-state index in [1.54, 1.807) is 13.2 Å². The fraction of sp³-hybridized carbons (Fsp3) is 0.375. The molecule has 0 atom stereocenters. The standard InChI is InChI=1S/C16H20N2O2/c1-11(2)8-13-10-16(19)18-15(17-13)9-12-4-6-14(20-3)7-5-12/h4-7,10-11H,8-9H2,1-3H3,(H,17,18,19). The van der Waals surface area contributed by atoms with Crippen LogP contribution in [0.3, 0.4) is 0 Å². The van der Waals surface area contributed by atoms with Crippen molar-refractivity contribution in [2.75, 3.05) is 7.11 Å². The number of nitrogens with one attached hydrogen (secondary N) is 1. The van der Waals surface area contributed by atoms with Crippen molar-refractivity contribution in [1.29, 1.82) is 0 Å². The molecular weight excluding hydrogens is 252 g/mol. The Labute approximate surface area is 118 Å². The molecule has 0 unspecified atom stereocenters. The summed E-state index contributed by atoms with van der Waals surface area (Å²) in [5, 5.41) is 0. The van der Waals surface area contributed by atoms with E-state index in [4.69, 9.17) is 4.74 Å².